The van der Waals surface area contributed by atoms with Gasteiger partial charge < -0.3 is 5.32 Å². The van der Waals surface area contributed by atoms with Crippen LogP contribution in [0.1, 0.15) is 49.3 Å². The molecule has 7 heteroatoms. The minimum Gasteiger partial charge on any atom is -0.382 e. The van der Waals surface area contributed by atoms with Crippen LogP contribution in [0.25, 0.3) is 17.2 Å². The van der Waals surface area contributed by atoms with E-state index in [-0.39, 0.29) is 11.4 Å². The Morgan fingerprint density at radius 1 is 1.06 bits per heavy atom. The first-order chi connectivity index (χ1) is 14.5. The van der Waals surface area contributed by atoms with E-state index in [1.807, 2.05) is 36.8 Å². The first-order valence-electron chi connectivity index (χ1n) is 10.4. The Morgan fingerprint density at radius 2 is 1.74 bits per heavy atom. The predicted octanol–water partition coefficient (Wildman–Crippen LogP) is 4.94. The number of carbonyl (C=O) groups is 1. The Kier molecular flexibility index (Phi) is 6.84. The quantitative estimate of drug-likeness (QED) is 0.619. The van der Waals surface area contributed by atoms with E-state index in [9.17, 15) is 17.6 Å². The highest BCUT2D eigenvalue weighted by molar-refractivity contribution is 7.89. The van der Waals surface area contributed by atoms with Crippen LogP contribution in [-0.4, -0.2) is 26.6 Å². The van der Waals surface area contributed by atoms with Gasteiger partial charge in [-0.05, 0) is 80.1 Å². The van der Waals surface area contributed by atoms with Crippen LogP contribution in [0.3, 0.4) is 0 Å². The zero-order chi connectivity index (χ0) is 22.8. The van der Waals surface area contributed by atoms with Crippen molar-refractivity contribution < 1.29 is 17.6 Å². The molecular formula is C24H29FN2O3S. The number of hydrogen-bond donors (Lipinski definition) is 2. The highest BCUT2D eigenvalue weighted by atomic mass is 32.2. The molecule has 0 spiro atoms. The third kappa shape index (κ3) is 5.94. The van der Waals surface area contributed by atoms with Crippen LogP contribution in [0.4, 0.5) is 10.1 Å². The largest absolute Gasteiger partial charge is 0.382 e. The van der Waals surface area contributed by atoms with Crippen molar-refractivity contribution >= 4 is 27.7 Å². The highest BCUT2D eigenvalue weighted by Gasteiger charge is 2.16. The second-order valence-corrected chi connectivity index (χ2v) is 10.1. The van der Waals surface area contributed by atoms with Crippen molar-refractivity contribution in [2.75, 3.05) is 11.6 Å². The van der Waals surface area contributed by atoms with Crippen LogP contribution in [0.2, 0.25) is 0 Å². The van der Waals surface area contributed by atoms with Crippen LogP contribution < -0.4 is 10.0 Å². The summed E-state index contributed by atoms with van der Waals surface area (Å²) in [6.45, 7) is 5.32. The van der Waals surface area contributed by atoms with Gasteiger partial charge in [0.2, 0.25) is 10.0 Å². The predicted molar refractivity (Wildman–Crippen MR) is 124 cm³/mol. The molecule has 31 heavy (non-hydrogen) atoms. The summed E-state index contributed by atoms with van der Waals surface area (Å²) in [6.07, 6.45) is 7.25. The average Bonchev–Trinajstić information content (AvgIpc) is 3.16. The molecule has 1 aliphatic rings. The van der Waals surface area contributed by atoms with Gasteiger partial charge in [0.15, 0.2) is 0 Å². The maximum absolute atomic E-state index is 14.9. The summed E-state index contributed by atoms with van der Waals surface area (Å²) in [6, 6.07) is 9.46. The molecule has 166 valence electrons. The van der Waals surface area contributed by atoms with Gasteiger partial charge in [-0.1, -0.05) is 25.0 Å². The Balaban J connectivity index is 1.86. The molecule has 0 aromatic heterocycles. The Bertz CT molecular complexity index is 1130. The molecule has 0 radical (unpaired) electrons. The summed E-state index contributed by atoms with van der Waals surface area (Å²) >= 11 is 0. The van der Waals surface area contributed by atoms with E-state index in [2.05, 4.69) is 5.32 Å². The van der Waals surface area contributed by atoms with Crippen LogP contribution in [-0.2, 0) is 14.8 Å². The van der Waals surface area contributed by atoms with Crippen molar-refractivity contribution in [3.05, 3.63) is 58.4 Å². The van der Waals surface area contributed by atoms with Gasteiger partial charge in [0.25, 0.3) is 5.91 Å². The lowest BCUT2D eigenvalue weighted by Gasteiger charge is -2.16. The van der Waals surface area contributed by atoms with Crippen molar-refractivity contribution in [2.24, 2.45) is 0 Å². The minimum atomic E-state index is -3.63. The van der Waals surface area contributed by atoms with Gasteiger partial charge in [-0.3, -0.25) is 4.79 Å². The molecule has 0 bridgehead atoms. The standard InChI is InChI=1S/C24H29FN2O3S/c1-15-13-22(16(2)11-18(15)12-17(3)24(28)27-31(4,29)30)21-10-9-20(14-23(21)25)26-19-7-5-6-8-19/h9-14,19,26H,5-8H2,1-4H3,(H,27,28). The molecule has 2 aromatic carbocycles. The molecule has 0 saturated heterocycles. The third-order valence-corrected chi connectivity index (χ3v) is 6.16. The highest BCUT2D eigenvalue weighted by Crippen LogP contribution is 2.32. The van der Waals surface area contributed by atoms with E-state index < -0.39 is 15.9 Å². The van der Waals surface area contributed by atoms with Crippen molar-refractivity contribution in [3.63, 3.8) is 0 Å². The van der Waals surface area contributed by atoms with E-state index >= 15 is 0 Å². The summed E-state index contributed by atoms with van der Waals surface area (Å²) < 4.78 is 39.4. The van der Waals surface area contributed by atoms with Crippen molar-refractivity contribution in [2.45, 2.75) is 52.5 Å². The summed E-state index contributed by atoms with van der Waals surface area (Å²) in [5.41, 5.74) is 4.90. The Labute approximate surface area is 183 Å². The number of anilines is 1. The maximum Gasteiger partial charge on any atom is 0.260 e. The van der Waals surface area contributed by atoms with Gasteiger partial charge in [0.1, 0.15) is 5.82 Å². The zero-order valence-electron chi connectivity index (χ0n) is 18.4. The molecule has 1 aliphatic carbocycles. The maximum atomic E-state index is 14.9. The molecule has 5 nitrogen and oxygen atoms in total. The van der Waals surface area contributed by atoms with Crippen LogP contribution in [0.5, 0.6) is 0 Å². The summed E-state index contributed by atoms with van der Waals surface area (Å²) in [7, 11) is -3.63. The first kappa shape index (κ1) is 23.0. The second-order valence-electron chi connectivity index (χ2n) is 8.37. The molecule has 0 heterocycles. The molecular weight excluding hydrogens is 415 g/mol. The minimum absolute atomic E-state index is 0.272. The normalized spacial score (nSPS) is 15.2. The van der Waals surface area contributed by atoms with E-state index in [0.717, 1.165) is 47.0 Å². The number of rotatable bonds is 6. The van der Waals surface area contributed by atoms with E-state index in [1.54, 1.807) is 25.1 Å². The lowest BCUT2D eigenvalue weighted by atomic mass is 9.93. The van der Waals surface area contributed by atoms with Crippen LogP contribution in [0.15, 0.2) is 35.9 Å². The Morgan fingerprint density at radius 3 is 2.35 bits per heavy atom. The number of carbonyl (C=O) groups excluding carboxylic acids is 1. The number of sulfonamides is 1. The SMILES string of the molecule is CC(=Cc1cc(C)c(-c2ccc(NC3CCCC3)cc2F)cc1C)C(=O)NS(C)(=O)=O. The molecule has 2 N–H and O–H groups in total. The number of aryl methyl sites for hydroxylation is 2. The lowest BCUT2D eigenvalue weighted by molar-refractivity contribution is -0.115. The van der Waals surface area contributed by atoms with Gasteiger partial charge in [0, 0.05) is 22.9 Å². The van der Waals surface area contributed by atoms with E-state index in [1.165, 1.54) is 12.8 Å². The van der Waals surface area contributed by atoms with Gasteiger partial charge in [-0.25, -0.2) is 17.5 Å². The number of halogens is 1. The molecule has 2 aromatic rings. The fourth-order valence-corrected chi connectivity index (χ4v) is 4.46. The van der Waals surface area contributed by atoms with Crippen molar-refractivity contribution in [3.8, 4) is 11.1 Å². The van der Waals surface area contributed by atoms with Gasteiger partial charge in [-0.2, -0.15) is 0 Å². The molecule has 0 atom stereocenters. The molecule has 0 unspecified atom stereocenters. The number of amides is 1. The van der Waals surface area contributed by atoms with E-state index in [0.29, 0.717) is 11.6 Å². The molecule has 1 fully saturated rings. The van der Waals surface area contributed by atoms with Gasteiger partial charge >= 0.3 is 0 Å². The molecule has 3 rings (SSSR count). The second kappa shape index (κ2) is 9.22. The first-order valence-corrected chi connectivity index (χ1v) is 12.3. The third-order valence-electron chi connectivity index (χ3n) is 5.61. The van der Waals surface area contributed by atoms with Crippen LogP contribution >= 0.6 is 0 Å². The number of nitrogens with one attached hydrogen (secondary N) is 2. The number of hydrogen-bond acceptors (Lipinski definition) is 4. The Hall–Kier alpha value is -2.67. The molecule has 0 aliphatic heterocycles. The lowest BCUT2D eigenvalue weighted by Crippen LogP contribution is -2.29. The fourth-order valence-electron chi connectivity index (χ4n) is 3.96. The smallest absolute Gasteiger partial charge is 0.260 e. The summed E-state index contributed by atoms with van der Waals surface area (Å²) in [4.78, 5) is 12.0. The van der Waals surface area contributed by atoms with Gasteiger partial charge in [0.05, 0.1) is 6.26 Å². The molecule has 1 saturated carbocycles. The van der Waals surface area contributed by atoms with Crippen molar-refractivity contribution in [1.29, 1.82) is 0 Å². The van der Waals surface area contributed by atoms with E-state index in [4.69, 9.17) is 0 Å². The number of benzene rings is 2. The van der Waals surface area contributed by atoms with Crippen LogP contribution in [0, 0.1) is 19.7 Å². The summed E-state index contributed by atoms with van der Waals surface area (Å²) in [5, 5.41) is 3.42. The fraction of sp³-hybridized carbons (Fsp3) is 0.375. The average molecular weight is 445 g/mol. The monoisotopic (exact) mass is 444 g/mol. The summed E-state index contributed by atoms with van der Waals surface area (Å²) in [5.74, 6) is -0.947. The topological polar surface area (TPSA) is 75.3 Å². The van der Waals surface area contributed by atoms with Crippen molar-refractivity contribution in [1.82, 2.24) is 4.72 Å². The molecule has 1 amide bonds. The van der Waals surface area contributed by atoms with Gasteiger partial charge in [-0.15, -0.1) is 0 Å². The zero-order valence-corrected chi connectivity index (χ0v) is 19.2.